The van der Waals surface area contributed by atoms with E-state index in [4.69, 9.17) is 16.9 Å². The van der Waals surface area contributed by atoms with Crippen LogP contribution in [0.2, 0.25) is 5.02 Å². The van der Waals surface area contributed by atoms with Crippen LogP contribution in [0.3, 0.4) is 0 Å². The average Bonchev–Trinajstić information content (AvgIpc) is 2.34. The van der Waals surface area contributed by atoms with Gasteiger partial charge in [-0.1, -0.05) is 17.7 Å². The largest absolute Gasteiger partial charge is 0.245 e. The number of halogens is 1. The molecule has 1 rings (SSSR count). The van der Waals surface area contributed by atoms with Crippen LogP contribution in [0, 0.1) is 11.3 Å². The molecule has 0 aliphatic carbocycles. The lowest BCUT2D eigenvalue weighted by Gasteiger charge is -2.25. The summed E-state index contributed by atoms with van der Waals surface area (Å²) < 4.78 is 26.3. The molecule has 0 aromatic heterocycles. The Bertz CT molecular complexity index is 618. The van der Waals surface area contributed by atoms with Gasteiger partial charge in [0.1, 0.15) is 4.90 Å². The lowest BCUT2D eigenvalue weighted by atomic mass is 10.2. The molecular weight excluding hydrogens is 284 g/mol. The van der Waals surface area contributed by atoms with Gasteiger partial charge in [-0.2, -0.15) is 9.57 Å². The minimum Gasteiger partial charge on any atom is -0.207 e. The topological polar surface area (TPSA) is 61.2 Å². The highest BCUT2D eigenvalue weighted by atomic mass is 35.5. The minimum atomic E-state index is -3.70. The Hall–Kier alpha value is -1.35. The Morgan fingerprint density at radius 3 is 2.58 bits per heavy atom. The van der Waals surface area contributed by atoms with E-state index in [9.17, 15) is 8.42 Å². The van der Waals surface area contributed by atoms with Crippen molar-refractivity contribution in [3.63, 3.8) is 0 Å². The third-order valence-electron chi connectivity index (χ3n) is 2.53. The number of sulfonamides is 1. The van der Waals surface area contributed by atoms with Crippen molar-refractivity contribution in [3.8, 4) is 6.07 Å². The molecule has 1 aromatic rings. The molecule has 0 aliphatic rings. The van der Waals surface area contributed by atoms with E-state index in [1.807, 2.05) is 6.07 Å². The standard InChI is InChI=1S/C13H15ClN2O2S/c1-4-7-16(10(2)3)19(17,18)13-6-5-11(9-15)8-12(13)14/h4-6,8,10H,1,7H2,2-3H3. The van der Waals surface area contributed by atoms with Crippen LogP contribution < -0.4 is 0 Å². The fraction of sp³-hybridized carbons (Fsp3) is 0.308. The van der Waals surface area contributed by atoms with Gasteiger partial charge in [0.2, 0.25) is 10.0 Å². The van der Waals surface area contributed by atoms with E-state index in [1.54, 1.807) is 13.8 Å². The molecule has 19 heavy (non-hydrogen) atoms. The zero-order valence-electron chi connectivity index (χ0n) is 10.8. The lowest BCUT2D eigenvalue weighted by Crippen LogP contribution is -2.37. The Balaban J connectivity index is 3.34. The predicted octanol–water partition coefficient (Wildman–Crippen LogP) is 2.80. The molecular formula is C13H15ClN2O2S. The molecule has 0 saturated carbocycles. The van der Waals surface area contributed by atoms with E-state index in [2.05, 4.69) is 6.58 Å². The molecule has 0 amide bonds. The van der Waals surface area contributed by atoms with E-state index >= 15 is 0 Å². The third kappa shape index (κ3) is 3.35. The SMILES string of the molecule is C=CCN(C(C)C)S(=O)(=O)c1ccc(C#N)cc1Cl. The molecule has 0 heterocycles. The van der Waals surface area contributed by atoms with Gasteiger partial charge in [-0.15, -0.1) is 6.58 Å². The Kier molecular flexibility index (Phi) is 5.12. The monoisotopic (exact) mass is 298 g/mol. The molecule has 0 spiro atoms. The molecule has 0 radical (unpaired) electrons. The van der Waals surface area contributed by atoms with E-state index in [0.29, 0.717) is 5.56 Å². The van der Waals surface area contributed by atoms with Crippen molar-refractivity contribution in [2.45, 2.75) is 24.8 Å². The van der Waals surface area contributed by atoms with Crippen LogP contribution in [0.1, 0.15) is 19.4 Å². The number of benzene rings is 1. The molecule has 0 bridgehead atoms. The van der Waals surface area contributed by atoms with Crippen molar-refractivity contribution in [3.05, 3.63) is 41.4 Å². The number of rotatable bonds is 5. The van der Waals surface area contributed by atoms with Crippen molar-refractivity contribution >= 4 is 21.6 Å². The van der Waals surface area contributed by atoms with Gasteiger partial charge >= 0.3 is 0 Å². The fourth-order valence-corrected chi connectivity index (χ4v) is 3.75. The highest BCUT2D eigenvalue weighted by Gasteiger charge is 2.28. The summed E-state index contributed by atoms with van der Waals surface area (Å²) in [5, 5.41) is 8.81. The number of nitriles is 1. The summed E-state index contributed by atoms with van der Waals surface area (Å²) in [4.78, 5) is 0.00344. The molecule has 102 valence electrons. The number of hydrogen-bond donors (Lipinski definition) is 0. The van der Waals surface area contributed by atoms with Crippen LogP contribution in [0.25, 0.3) is 0 Å². The summed E-state index contributed by atoms with van der Waals surface area (Å²) in [5.74, 6) is 0. The number of hydrogen-bond acceptors (Lipinski definition) is 3. The molecule has 0 aliphatic heterocycles. The second-order valence-electron chi connectivity index (χ2n) is 4.21. The molecule has 0 atom stereocenters. The maximum absolute atomic E-state index is 12.5. The molecule has 0 N–H and O–H groups in total. The van der Waals surface area contributed by atoms with Crippen LogP contribution in [-0.2, 0) is 10.0 Å². The Morgan fingerprint density at radius 1 is 1.53 bits per heavy atom. The van der Waals surface area contributed by atoms with Gasteiger partial charge in [-0.3, -0.25) is 0 Å². The fourth-order valence-electron chi connectivity index (χ4n) is 1.62. The Morgan fingerprint density at radius 2 is 2.16 bits per heavy atom. The molecule has 0 fully saturated rings. The maximum Gasteiger partial charge on any atom is 0.245 e. The van der Waals surface area contributed by atoms with Crippen molar-refractivity contribution < 1.29 is 8.42 Å². The van der Waals surface area contributed by atoms with Crippen molar-refractivity contribution in [1.82, 2.24) is 4.31 Å². The summed E-state index contributed by atoms with van der Waals surface area (Å²) >= 11 is 5.96. The van der Waals surface area contributed by atoms with Crippen molar-refractivity contribution in [1.29, 1.82) is 5.26 Å². The normalized spacial score (nSPS) is 11.6. The van der Waals surface area contributed by atoms with Crippen LogP contribution in [0.5, 0.6) is 0 Å². The average molecular weight is 299 g/mol. The van der Waals surface area contributed by atoms with E-state index in [1.165, 1.54) is 28.6 Å². The maximum atomic E-state index is 12.5. The molecule has 4 nitrogen and oxygen atoms in total. The smallest absolute Gasteiger partial charge is 0.207 e. The number of nitrogens with zero attached hydrogens (tertiary/aromatic N) is 2. The zero-order valence-corrected chi connectivity index (χ0v) is 12.4. The first-order valence-electron chi connectivity index (χ1n) is 5.67. The van der Waals surface area contributed by atoms with Crippen LogP contribution in [0.15, 0.2) is 35.7 Å². The molecule has 6 heteroatoms. The summed E-state index contributed by atoms with van der Waals surface area (Å²) in [7, 11) is -3.70. The van der Waals surface area contributed by atoms with Crippen LogP contribution in [-0.4, -0.2) is 25.3 Å². The van der Waals surface area contributed by atoms with Gasteiger partial charge in [-0.25, -0.2) is 8.42 Å². The van der Waals surface area contributed by atoms with Crippen molar-refractivity contribution in [2.75, 3.05) is 6.54 Å². The Labute approximate surface area is 119 Å². The first-order valence-corrected chi connectivity index (χ1v) is 7.48. The summed E-state index contributed by atoms with van der Waals surface area (Å²) in [6.07, 6.45) is 1.52. The van der Waals surface area contributed by atoms with Gasteiger partial charge in [0.05, 0.1) is 16.7 Å². The zero-order chi connectivity index (χ0) is 14.6. The molecule has 0 unspecified atom stereocenters. The lowest BCUT2D eigenvalue weighted by molar-refractivity contribution is 0.383. The highest BCUT2D eigenvalue weighted by Crippen LogP contribution is 2.26. The first kappa shape index (κ1) is 15.7. The minimum absolute atomic E-state index is 0.00344. The highest BCUT2D eigenvalue weighted by molar-refractivity contribution is 7.89. The second-order valence-corrected chi connectivity index (χ2v) is 6.48. The van der Waals surface area contributed by atoms with Crippen LogP contribution >= 0.6 is 11.6 Å². The summed E-state index contributed by atoms with van der Waals surface area (Å²) in [6.45, 7) is 7.32. The second kappa shape index (κ2) is 6.20. The molecule has 0 saturated heterocycles. The van der Waals surface area contributed by atoms with Gasteiger partial charge < -0.3 is 0 Å². The quantitative estimate of drug-likeness (QED) is 0.785. The first-order chi connectivity index (χ1) is 8.84. The summed E-state index contributed by atoms with van der Waals surface area (Å²) in [5.41, 5.74) is 0.323. The predicted molar refractivity (Wildman–Crippen MR) is 75.4 cm³/mol. The van der Waals surface area contributed by atoms with Gasteiger partial charge in [-0.05, 0) is 32.0 Å². The van der Waals surface area contributed by atoms with Crippen LogP contribution in [0.4, 0.5) is 0 Å². The van der Waals surface area contributed by atoms with Gasteiger partial charge in [0.15, 0.2) is 0 Å². The van der Waals surface area contributed by atoms with Crippen molar-refractivity contribution in [2.24, 2.45) is 0 Å². The van der Waals surface area contributed by atoms with Gasteiger partial charge in [0, 0.05) is 12.6 Å². The van der Waals surface area contributed by atoms with Gasteiger partial charge in [0.25, 0.3) is 0 Å². The third-order valence-corrected chi connectivity index (χ3v) is 5.06. The van der Waals surface area contributed by atoms with E-state index in [0.717, 1.165) is 0 Å². The summed E-state index contributed by atoms with van der Waals surface area (Å²) in [6, 6.07) is 5.84. The molecule has 1 aromatic carbocycles. The van der Waals surface area contributed by atoms with E-state index in [-0.39, 0.29) is 22.5 Å². The van der Waals surface area contributed by atoms with E-state index < -0.39 is 10.0 Å².